The van der Waals surface area contributed by atoms with Crippen molar-refractivity contribution in [1.82, 2.24) is 25.0 Å². The minimum Gasteiger partial charge on any atom is -0.352 e. The molecule has 0 radical (unpaired) electrons. The van der Waals surface area contributed by atoms with E-state index in [1.165, 1.54) is 6.33 Å². The van der Waals surface area contributed by atoms with E-state index in [0.29, 0.717) is 19.6 Å². The summed E-state index contributed by atoms with van der Waals surface area (Å²) in [7, 11) is 0. The van der Waals surface area contributed by atoms with Crippen LogP contribution in [0.15, 0.2) is 36.9 Å². The molecule has 7 heteroatoms. The lowest BCUT2D eigenvalue weighted by Crippen LogP contribution is -2.46. The molecule has 1 aliphatic heterocycles. The summed E-state index contributed by atoms with van der Waals surface area (Å²) >= 11 is 0. The van der Waals surface area contributed by atoms with Crippen LogP contribution in [0.1, 0.15) is 39.2 Å². The van der Waals surface area contributed by atoms with Crippen molar-refractivity contribution >= 4 is 11.8 Å². The molecule has 1 saturated heterocycles. The van der Waals surface area contributed by atoms with Gasteiger partial charge in [-0.05, 0) is 30.5 Å². The van der Waals surface area contributed by atoms with E-state index in [1.807, 2.05) is 49.9 Å². The highest BCUT2D eigenvalue weighted by Gasteiger charge is 2.32. The Morgan fingerprint density at radius 2 is 1.81 bits per heavy atom. The van der Waals surface area contributed by atoms with Crippen molar-refractivity contribution in [1.29, 1.82) is 0 Å². The van der Waals surface area contributed by atoms with Crippen molar-refractivity contribution < 1.29 is 9.59 Å². The van der Waals surface area contributed by atoms with Gasteiger partial charge in [0.15, 0.2) is 0 Å². The maximum Gasteiger partial charge on any atom is 0.227 e. The number of aromatic nitrogens is 3. The maximum absolute atomic E-state index is 12.5. The Labute approximate surface area is 159 Å². The molecule has 27 heavy (non-hydrogen) atoms. The van der Waals surface area contributed by atoms with Crippen LogP contribution in [0.3, 0.4) is 0 Å². The van der Waals surface area contributed by atoms with E-state index in [1.54, 1.807) is 11.0 Å². The molecule has 144 valence electrons. The van der Waals surface area contributed by atoms with Crippen LogP contribution in [-0.4, -0.2) is 44.6 Å². The summed E-state index contributed by atoms with van der Waals surface area (Å²) in [5.41, 5.74) is 1.60. The molecule has 1 aliphatic rings. The second-order valence-corrected chi connectivity index (χ2v) is 8.04. The van der Waals surface area contributed by atoms with Gasteiger partial charge in [-0.25, -0.2) is 9.67 Å². The summed E-state index contributed by atoms with van der Waals surface area (Å²) in [6, 6.07) is 7.85. The lowest BCUT2D eigenvalue weighted by atomic mass is 9.90. The van der Waals surface area contributed by atoms with Crippen molar-refractivity contribution in [2.45, 2.75) is 40.2 Å². The van der Waals surface area contributed by atoms with Crippen molar-refractivity contribution in [3.63, 3.8) is 0 Å². The first kappa shape index (κ1) is 19.1. The van der Waals surface area contributed by atoms with Crippen LogP contribution in [-0.2, 0) is 16.1 Å². The van der Waals surface area contributed by atoms with Crippen molar-refractivity contribution in [3.8, 4) is 5.69 Å². The largest absolute Gasteiger partial charge is 0.352 e. The molecule has 0 bridgehead atoms. The number of benzene rings is 1. The Morgan fingerprint density at radius 1 is 1.15 bits per heavy atom. The summed E-state index contributed by atoms with van der Waals surface area (Å²) in [5.74, 6) is 0.204. The zero-order valence-corrected chi connectivity index (χ0v) is 16.2. The van der Waals surface area contributed by atoms with Crippen LogP contribution in [0.5, 0.6) is 0 Å². The predicted octanol–water partition coefficient (Wildman–Crippen LogP) is 2.17. The molecular weight excluding hydrogens is 342 g/mol. The first-order valence-electron chi connectivity index (χ1n) is 9.35. The van der Waals surface area contributed by atoms with Crippen LogP contribution in [0.4, 0.5) is 0 Å². The van der Waals surface area contributed by atoms with Gasteiger partial charge >= 0.3 is 0 Å². The first-order valence-corrected chi connectivity index (χ1v) is 9.35. The third-order valence-corrected chi connectivity index (χ3v) is 4.88. The predicted molar refractivity (Wildman–Crippen MR) is 102 cm³/mol. The van der Waals surface area contributed by atoms with Gasteiger partial charge in [0.1, 0.15) is 12.7 Å². The Kier molecular flexibility index (Phi) is 5.58. The number of nitrogens with one attached hydrogen (secondary N) is 1. The van der Waals surface area contributed by atoms with E-state index in [-0.39, 0.29) is 23.1 Å². The first-order chi connectivity index (χ1) is 12.8. The molecule has 0 spiro atoms. The highest BCUT2D eigenvalue weighted by atomic mass is 16.2. The third-order valence-electron chi connectivity index (χ3n) is 4.88. The number of rotatable bonds is 4. The highest BCUT2D eigenvalue weighted by molar-refractivity contribution is 5.82. The Hall–Kier alpha value is -2.70. The molecule has 0 saturated carbocycles. The van der Waals surface area contributed by atoms with Gasteiger partial charge in [-0.2, -0.15) is 5.10 Å². The molecule has 3 rings (SSSR count). The SMILES string of the molecule is CC(C)(C)C(=O)N1CCC(C(=O)NCc2ccc(-n3cncn3)cc2)CC1. The zero-order valence-electron chi connectivity index (χ0n) is 16.2. The van der Waals surface area contributed by atoms with E-state index in [9.17, 15) is 9.59 Å². The second kappa shape index (κ2) is 7.90. The number of nitrogens with zero attached hydrogens (tertiary/aromatic N) is 4. The molecule has 0 atom stereocenters. The van der Waals surface area contributed by atoms with Gasteiger partial charge in [-0.3, -0.25) is 9.59 Å². The molecule has 1 aromatic carbocycles. The molecule has 2 amide bonds. The fraction of sp³-hybridized carbons (Fsp3) is 0.500. The van der Waals surface area contributed by atoms with E-state index in [2.05, 4.69) is 15.4 Å². The van der Waals surface area contributed by atoms with Crippen molar-refractivity contribution in [2.75, 3.05) is 13.1 Å². The van der Waals surface area contributed by atoms with E-state index in [4.69, 9.17) is 0 Å². The highest BCUT2D eigenvalue weighted by Crippen LogP contribution is 2.23. The summed E-state index contributed by atoms with van der Waals surface area (Å²) in [5, 5.41) is 7.11. The Balaban J connectivity index is 1.47. The molecular formula is C20H27N5O2. The van der Waals surface area contributed by atoms with Gasteiger partial charge < -0.3 is 10.2 Å². The smallest absolute Gasteiger partial charge is 0.227 e. The maximum atomic E-state index is 12.5. The molecule has 7 nitrogen and oxygen atoms in total. The Bertz CT molecular complexity index is 770. The van der Waals surface area contributed by atoms with E-state index in [0.717, 1.165) is 24.1 Å². The normalized spacial score (nSPS) is 15.6. The minimum atomic E-state index is -0.368. The molecule has 0 unspecified atom stereocenters. The average molecular weight is 369 g/mol. The fourth-order valence-electron chi connectivity index (χ4n) is 3.26. The lowest BCUT2D eigenvalue weighted by molar-refractivity contribution is -0.142. The number of hydrogen-bond acceptors (Lipinski definition) is 4. The van der Waals surface area contributed by atoms with Crippen LogP contribution < -0.4 is 5.32 Å². The average Bonchev–Trinajstić information content (AvgIpc) is 3.20. The second-order valence-electron chi connectivity index (χ2n) is 8.04. The standard InChI is InChI=1S/C20H27N5O2/c1-20(2,3)19(27)24-10-8-16(9-11-24)18(26)22-12-15-4-6-17(7-5-15)25-14-21-13-23-25/h4-7,13-14,16H,8-12H2,1-3H3,(H,22,26). The minimum absolute atomic E-state index is 0.0246. The molecule has 0 aliphatic carbocycles. The topological polar surface area (TPSA) is 80.1 Å². The number of likely N-dealkylation sites (tertiary alicyclic amines) is 1. The molecule has 1 aromatic heterocycles. The van der Waals surface area contributed by atoms with Gasteiger partial charge in [0.05, 0.1) is 5.69 Å². The van der Waals surface area contributed by atoms with Gasteiger partial charge in [-0.1, -0.05) is 32.9 Å². The number of carbonyl (C=O) groups excluding carboxylic acids is 2. The lowest BCUT2D eigenvalue weighted by Gasteiger charge is -2.35. The van der Waals surface area contributed by atoms with Gasteiger partial charge in [-0.15, -0.1) is 0 Å². The fourth-order valence-corrected chi connectivity index (χ4v) is 3.26. The monoisotopic (exact) mass is 369 g/mol. The van der Waals surface area contributed by atoms with Crippen LogP contribution in [0.25, 0.3) is 5.69 Å². The van der Waals surface area contributed by atoms with E-state index < -0.39 is 0 Å². The van der Waals surface area contributed by atoms with Crippen LogP contribution >= 0.6 is 0 Å². The quantitative estimate of drug-likeness (QED) is 0.896. The Morgan fingerprint density at radius 3 is 2.37 bits per heavy atom. The molecule has 1 N–H and O–H groups in total. The van der Waals surface area contributed by atoms with Crippen molar-refractivity contribution in [3.05, 3.63) is 42.5 Å². The summed E-state index contributed by atoms with van der Waals surface area (Å²) in [4.78, 5) is 30.6. The number of carbonyl (C=O) groups is 2. The number of hydrogen-bond donors (Lipinski definition) is 1. The van der Waals surface area contributed by atoms with Gasteiger partial charge in [0.25, 0.3) is 0 Å². The third kappa shape index (κ3) is 4.72. The summed E-state index contributed by atoms with van der Waals surface area (Å²) in [6.07, 6.45) is 4.58. The molecule has 2 heterocycles. The van der Waals surface area contributed by atoms with Crippen LogP contribution in [0.2, 0.25) is 0 Å². The van der Waals surface area contributed by atoms with Crippen molar-refractivity contribution in [2.24, 2.45) is 11.3 Å². The summed E-state index contributed by atoms with van der Waals surface area (Å²) < 4.78 is 1.69. The summed E-state index contributed by atoms with van der Waals surface area (Å²) in [6.45, 7) is 7.60. The van der Waals surface area contributed by atoms with Crippen LogP contribution in [0, 0.1) is 11.3 Å². The van der Waals surface area contributed by atoms with Gasteiger partial charge in [0, 0.05) is 31.0 Å². The molecule has 1 fully saturated rings. The van der Waals surface area contributed by atoms with Gasteiger partial charge in [0.2, 0.25) is 11.8 Å². The molecule has 2 aromatic rings. The zero-order chi connectivity index (χ0) is 19.4. The number of piperidine rings is 1. The van der Waals surface area contributed by atoms with E-state index >= 15 is 0 Å². The number of amides is 2.